The van der Waals surface area contributed by atoms with Crippen LogP contribution in [0, 0.1) is 0 Å². The van der Waals surface area contributed by atoms with Crippen molar-refractivity contribution in [2.75, 3.05) is 63.8 Å². The van der Waals surface area contributed by atoms with Gasteiger partial charge >= 0.3 is 0 Å². The molecule has 6 nitrogen and oxygen atoms in total. The first-order chi connectivity index (χ1) is 9.69. The number of likely N-dealkylation sites (N-methyl/N-ethyl adjacent to an activating group) is 1. The van der Waals surface area contributed by atoms with Gasteiger partial charge in [0, 0.05) is 39.4 Å². The molecule has 0 radical (unpaired) electrons. The summed E-state index contributed by atoms with van der Waals surface area (Å²) in [5, 5.41) is 7.33. The molecule has 0 aliphatic rings. The zero-order valence-electron chi connectivity index (χ0n) is 12.8. The topological polar surface area (TPSA) is 62.3 Å². The third kappa shape index (κ3) is 6.40. The molecule has 0 aliphatic heterocycles. The fourth-order valence-corrected chi connectivity index (χ4v) is 1.99. The Morgan fingerprint density at radius 1 is 1.25 bits per heavy atom. The smallest absolute Gasteiger partial charge is 0.191 e. The van der Waals surface area contributed by atoms with Crippen molar-refractivity contribution in [3.63, 3.8) is 0 Å². The van der Waals surface area contributed by atoms with Crippen molar-refractivity contribution in [3.05, 3.63) is 6.07 Å². The van der Waals surface area contributed by atoms with Crippen molar-refractivity contribution in [3.8, 4) is 0 Å². The highest BCUT2D eigenvalue weighted by Gasteiger charge is 2.04. The van der Waals surface area contributed by atoms with Gasteiger partial charge in [-0.2, -0.15) is 0 Å². The molecule has 1 aromatic rings. The summed E-state index contributed by atoms with van der Waals surface area (Å²) in [5.74, 6) is 1.72. The van der Waals surface area contributed by atoms with E-state index in [0.29, 0.717) is 0 Å². The van der Waals surface area contributed by atoms with Crippen LogP contribution in [0.2, 0.25) is 0 Å². The minimum atomic E-state index is 0.755. The van der Waals surface area contributed by atoms with E-state index in [0.717, 1.165) is 49.6 Å². The van der Waals surface area contributed by atoms with Crippen molar-refractivity contribution in [2.24, 2.45) is 0 Å². The van der Waals surface area contributed by atoms with Gasteiger partial charge in [-0.25, -0.2) is 9.97 Å². The number of thioether (sulfide) groups is 1. The summed E-state index contributed by atoms with van der Waals surface area (Å²) in [7, 11) is 3.80. The first kappa shape index (κ1) is 17.0. The van der Waals surface area contributed by atoms with Gasteiger partial charge in [-0.1, -0.05) is 11.8 Å². The fraction of sp³-hybridized carbons (Fsp3) is 0.692. The first-order valence-corrected chi connectivity index (χ1v) is 8.00. The van der Waals surface area contributed by atoms with Crippen LogP contribution < -0.4 is 10.6 Å². The Morgan fingerprint density at radius 2 is 1.95 bits per heavy atom. The number of methoxy groups -OCH3 is 1. The maximum absolute atomic E-state index is 5.06. The Morgan fingerprint density at radius 3 is 2.55 bits per heavy atom. The lowest BCUT2D eigenvalue weighted by atomic mass is 10.4. The molecule has 0 atom stereocenters. The van der Waals surface area contributed by atoms with Gasteiger partial charge in [0.25, 0.3) is 0 Å². The van der Waals surface area contributed by atoms with E-state index in [2.05, 4.69) is 39.5 Å². The molecule has 114 valence electrons. The number of anilines is 2. The second kappa shape index (κ2) is 9.79. The molecule has 0 aromatic carbocycles. The van der Waals surface area contributed by atoms with Crippen molar-refractivity contribution in [2.45, 2.75) is 12.1 Å². The van der Waals surface area contributed by atoms with Crippen molar-refractivity contribution < 1.29 is 4.74 Å². The third-order valence-electron chi connectivity index (χ3n) is 2.72. The largest absolute Gasteiger partial charge is 0.383 e. The van der Waals surface area contributed by atoms with Gasteiger partial charge in [-0.15, -0.1) is 0 Å². The van der Waals surface area contributed by atoms with Crippen LogP contribution in [-0.4, -0.2) is 68.1 Å². The molecule has 7 heteroatoms. The van der Waals surface area contributed by atoms with Gasteiger partial charge < -0.3 is 20.3 Å². The summed E-state index contributed by atoms with van der Waals surface area (Å²) in [6.07, 6.45) is 1.98. The minimum absolute atomic E-state index is 0.755. The van der Waals surface area contributed by atoms with E-state index in [1.54, 1.807) is 18.9 Å². The standard InChI is InChI=1S/C13H25N5OS/c1-5-14-11-10-12(17-13(16-11)20-4)15-6-7-18(2)8-9-19-3/h10H,5-9H2,1-4H3,(H2,14,15,16,17). The van der Waals surface area contributed by atoms with Crippen LogP contribution in [-0.2, 0) is 4.74 Å². The van der Waals surface area contributed by atoms with E-state index in [-0.39, 0.29) is 0 Å². The Bertz CT molecular complexity index is 391. The number of rotatable bonds is 10. The van der Waals surface area contributed by atoms with E-state index < -0.39 is 0 Å². The molecule has 0 unspecified atom stereocenters. The molecule has 1 aromatic heterocycles. The average molecular weight is 299 g/mol. The van der Waals surface area contributed by atoms with Gasteiger partial charge in [0.2, 0.25) is 0 Å². The second-order valence-electron chi connectivity index (χ2n) is 4.38. The van der Waals surface area contributed by atoms with Crippen LogP contribution in [0.4, 0.5) is 11.6 Å². The summed E-state index contributed by atoms with van der Waals surface area (Å²) in [5.41, 5.74) is 0. The molecular weight excluding hydrogens is 274 g/mol. The van der Waals surface area contributed by atoms with Gasteiger partial charge in [-0.3, -0.25) is 0 Å². The van der Waals surface area contributed by atoms with Crippen molar-refractivity contribution >= 4 is 23.4 Å². The normalized spacial score (nSPS) is 10.8. The zero-order chi connectivity index (χ0) is 14.8. The van der Waals surface area contributed by atoms with Crippen molar-refractivity contribution in [1.82, 2.24) is 14.9 Å². The maximum atomic E-state index is 5.06. The highest BCUT2D eigenvalue weighted by atomic mass is 32.2. The lowest BCUT2D eigenvalue weighted by molar-refractivity contribution is 0.163. The lowest BCUT2D eigenvalue weighted by Gasteiger charge is -2.16. The molecule has 0 saturated heterocycles. The average Bonchev–Trinajstić information content (AvgIpc) is 2.45. The van der Waals surface area contributed by atoms with Crippen LogP contribution in [0.5, 0.6) is 0 Å². The number of ether oxygens (including phenoxy) is 1. The summed E-state index contributed by atoms with van der Waals surface area (Å²) in [4.78, 5) is 11.1. The number of hydrogen-bond acceptors (Lipinski definition) is 7. The maximum Gasteiger partial charge on any atom is 0.191 e. The summed E-state index contributed by atoms with van der Waals surface area (Å²) in [6, 6.07) is 1.94. The molecule has 0 spiro atoms. The highest BCUT2D eigenvalue weighted by Crippen LogP contribution is 2.16. The van der Waals surface area contributed by atoms with Crippen LogP contribution in [0.1, 0.15) is 6.92 Å². The van der Waals surface area contributed by atoms with E-state index in [4.69, 9.17) is 4.74 Å². The van der Waals surface area contributed by atoms with Crippen LogP contribution in [0.25, 0.3) is 0 Å². The van der Waals surface area contributed by atoms with E-state index in [1.165, 1.54) is 0 Å². The van der Waals surface area contributed by atoms with Gasteiger partial charge in [-0.05, 0) is 20.2 Å². The molecule has 0 bridgehead atoms. The molecule has 1 rings (SSSR count). The third-order valence-corrected chi connectivity index (χ3v) is 3.27. The molecule has 2 N–H and O–H groups in total. The van der Waals surface area contributed by atoms with Crippen LogP contribution in [0.15, 0.2) is 11.2 Å². The minimum Gasteiger partial charge on any atom is -0.383 e. The number of nitrogens with one attached hydrogen (secondary N) is 2. The van der Waals surface area contributed by atoms with Gasteiger partial charge in [0.15, 0.2) is 5.16 Å². The molecule has 0 amide bonds. The molecule has 0 aliphatic carbocycles. The zero-order valence-corrected chi connectivity index (χ0v) is 13.6. The number of hydrogen-bond donors (Lipinski definition) is 2. The Kier molecular flexibility index (Phi) is 8.32. The number of nitrogens with zero attached hydrogens (tertiary/aromatic N) is 3. The molecule has 0 saturated carbocycles. The fourth-order valence-electron chi connectivity index (χ4n) is 1.61. The molecule has 1 heterocycles. The first-order valence-electron chi connectivity index (χ1n) is 6.77. The van der Waals surface area contributed by atoms with Gasteiger partial charge in [0.05, 0.1) is 6.61 Å². The Labute approximate surface area is 125 Å². The monoisotopic (exact) mass is 299 g/mol. The second-order valence-corrected chi connectivity index (χ2v) is 5.15. The van der Waals surface area contributed by atoms with Crippen LogP contribution >= 0.6 is 11.8 Å². The summed E-state index contributed by atoms with van der Waals surface area (Å²) < 4.78 is 5.06. The molecule has 0 fully saturated rings. The van der Waals surface area contributed by atoms with Crippen LogP contribution in [0.3, 0.4) is 0 Å². The summed E-state index contributed by atoms with van der Waals surface area (Å²) in [6.45, 7) is 6.38. The Hall–Kier alpha value is -1.05. The molecular formula is C13H25N5OS. The van der Waals surface area contributed by atoms with E-state index in [9.17, 15) is 0 Å². The quantitative estimate of drug-likeness (QED) is 0.503. The summed E-state index contributed by atoms with van der Waals surface area (Å²) >= 11 is 1.54. The van der Waals surface area contributed by atoms with E-state index in [1.807, 2.05) is 12.3 Å². The van der Waals surface area contributed by atoms with E-state index >= 15 is 0 Å². The molecule has 20 heavy (non-hydrogen) atoms. The van der Waals surface area contributed by atoms with Gasteiger partial charge in [0.1, 0.15) is 11.6 Å². The highest BCUT2D eigenvalue weighted by molar-refractivity contribution is 7.98. The predicted octanol–water partition coefficient (Wildman–Crippen LogP) is 1.62. The Balaban J connectivity index is 2.47. The SMILES string of the molecule is CCNc1cc(NCCN(C)CCOC)nc(SC)n1. The van der Waals surface area contributed by atoms with Crippen molar-refractivity contribution in [1.29, 1.82) is 0 Å². The predicted molar refractivity (Wildman–Crippen MR) is 85.8 cm³/mol. The lowest BCUT2D eigenvalue weighted by Crippen LogP contribution is -2.28. The number of aromatic nitrogens is 2.